The van der Waals surface area contributed by atoms with E-state index >= 15 is 0 Å². The van der Waals surface area contributed by atoms with Gasteiger partial charge in [-0.15, -0.1) is 0 Å². The van der Waals surface area contributed by atoms with E-state index in [1.165, 1.54) is 0 Å². The molecule has 7 N–H and O–H groups in total. The van der Waals surface area contributed by atoms with Gasteiger partial charge in [0.1, 0.15) is 17.1 Å². The molecule has 0 amide bonds. The van der Waals surface area contributed by atoms with Crippen LogP contribution in [0.5, 0.6) is 5.75 Å². The molecule has 2 aromatic heterocycles. The van der Waals surface area contributed by atoms with Gasteiger partial charge in [-0.3, -0.25) is 9.48 Å². The standard InChI is InChI=1S/C20H27N9O2/c1-4-6-13-15-16(29(3)28-13)18(30)26-17(25-15)12-10-11(24-20(23)27-19(21)22)7-8-14(12)31-9-5-2/h7-8,10H,4-6,9H2,1-3H3,(H,25,26,30)(H6,21,22,23,24,27). The van der Waals surface area contributed by atoms with Crippen LogP contribution in [0.1, 0.15) is 32.4 Å². The Morgan fingerprint density at radius 3 is 2.68 bits per heavy atom. The van der Waals surface area contributed by atoms with Crippen LogP contribution in [0.3, 0.4) is 0 Å². The number of hydrogen-bond donors (Lipinski definition) is 4. The number of H-pyrrole nitrogens is 1. The lowest BCUT2D eigenvalue weighted by atomic mass is 10.1. The Morgan fingerprint density at radius 2 is 2.00 bits per heavy atom. The van der Waals surface area contributed by atoms with Gasteiger partial charge in [0.2, 0.25) is 5.96 Å². The molecule has 0 spiro atoms. The number of fused-ring (bicyclic) bond motifs is 1. The van der Waals surface area contributed by atoms with Gasteiger partial charge in [0.25, 0.3) is 5.56 Å². The van der Waals surface area contributed by atoms with Crippen molar-refractivity contribution in [3.63, 3.8) is 0 Å². The second-order valence-electron chi connectivity index (χ2n) is 6.97. The van der Waals surface area contributed by atoms with Crippen molar-refractivity contribution in [1.82, 2.24) is 19.7 Å². The molecule has 0 unspecified atom stereocenters. The van der Waals surface area contributed by atoms with Crippen molar-refractivity contribution in [2.24, 2.45) is 34.2 Å². The van der Waals surface area contributed by atoms with E-state index in [1.807, 2.05) is 13.8 Å². The topological polar surface area (TPSA) is 176 Å². The first-order valence-electron chi connectivity index (χ1n) is 10.0. The maximum absolute atomic E-state index is 12.8. The number of nitrogens with zero attached hydrogens (tertiary/aromatic N) is 5. The van der Waals surface area contributed by atoms with Gasteiger partial charge in [-0.2, -0.15) is 10.1 Å². The molecule has 0 aliphatic rings. The van der Waals surface area contributed by atoms with Gasteiger partial charge in [0, 0.05) is 7.05 Å². The molecule has 11 nitrogen and oxygen atoms in total. The minimum Gasteiger partial charge on any atom is -0.493 e. The third kappa shape index (κ3) is 4.82. The third-order valence-corrected chi connectivity index (χ3v) is 4.42. The summed E-state index contributed by atoms with van der Waals surface area (Å²) in [5.41, 5.74) is 19.0. The van der Waals surface area contributed by atoms with Crippen molar-refractivity contribution in [2.45, 2.75) is 33.1 Å². The fraction of sp³-hybridized carbons (Fsp3) is 0.350. The highest BCUT2D eigenvalue weighted by atomic mass is 16.5. The van der Waals surface area contributed by atoms with E-state index in [9.17, 15) is 4.79 Å². The second kappa shape index (κ2) is 9.28. The maximum Gasteiger partial charge on any atom is 0.277 e. The first-order valence-corrected chi connectivity index (χ1v) is 10.0. The van der Waals surface area contributed by atoms with E-state index in [1.54, 1.807) is 29.9 Å². The van der Waals surface area contributed by atoms with Gasteiger partial charge in [-0.1, -0.05) is 20.3 Å². The molecule has 11 heteroatoms. The molecule has 0 aliphatic carbocycles. The van der Waals surface area contributed by atoms with Crippen LogP contribution >= 0.6 is 0 Å². The predicted molar refractivity (Wildman–Crippen MR) is 121 cm³/mol. The lowest BCUT2D eigenvalue weighted by Crippen LogP contribution is -2.26. The fourth-order valence-corrected chi connectivity index (χ4v) is 3.18. The highest BCUT2D eigenvalue weighted by Gasteiger charge is 2.17. The minimum atomic E-state index is -0.285. The number of hydrogen-bond acceptors (Lipinski definition) is 5. The van der Waals surface area contributed by atoms with Gasteiger partial charge in [-0.05, 0) is 31.0 Å². The number of benzene rings is 1. The van der Waals surface area contributed by atoms with E-state index in [0.29, 0.717) is 46.9 Å². The van der Waals surface area contributed by atoms with Crippen molar-refractivity contribution in [3.8, 4) is 17.1 Å². The van der Waals surface area contributed by atoms with Crippen molar-refractivity contribution in [3.05, 3.63) is 34.2 Å². The molecule has 2 heterocycles. The zero-order valence-corrected chi connectivity index (χ0v) is 17.8. The molecule has 164 valence electrons. The van der Waals surface area contributed by atoms with Gasteiger partial charge >= 0.3 is 0 Å². The third-order valence-electron chi connectivity index (χ3n) is 4.42. The number of aromatic amines is 1. The lowest BCUT2D eigenvalue weighted by molar-refractivity contribution is 0.318. The molecule has 0 atom stereocenters. The first-order chi connectivity index (χ1) is 14.8. The van der Waals surface area contributed by atoms with Crippen LogP contribution in [0.25, 0.3) is 22.4 Å². The van der Waals surface area contributed by atoms with Crippen molar-refractivity contribution in [1.29, 1.82) is 0 Å². The average Bonchev–Trinajstić information content (AvgIpc) is 3.02. The van der Waals surface area contributed by atoms with Crippen LogP contribution < -0.4 is 27.5 Å². The van der Waals surface area contributed by atoms with Crippen LogP contribution in [-0.4, -0.2) is 38.3 Å². The summed E-state index contributed by atoms with van der Waals surface area (Å²) in [5.74, 6) is 0.625. The summed E-state index contributed by atoms with van der Waals surface area (Å²) in [4.78, 5) is 28.3. The second-order valence-corrected chi connectivity index (χ2v) is 6.97. The Bertz CT molecular complexity index is 1200. The molecule has 0 aliphatic heterocycles. The quantitative estimate of drug-likeness (QED) is 0.325. The summed E-state index contributed by atoms with van der Waals surface area (Å²) in [6, 6.07) is 5.17. The molecular formula is C20H27N9O2. The zero-order valence-electron chi connectivity index (χ0n) is 17.8. The van der Waals surface area contributed by atoms with Crippen LogP contribution in [0.2, 0.25) is 0 Å². The summed E-state index contributed by atoms with van der Waals surface area (Å²) in [7, 11) is 1.73. The van der Waals surface area contributed by atoms with Crippen molar-refractivity contribution in [2.75, 3.05) is 6.61 Å². The number of guanidine groups is 2. The summed E-state index contributed by atoms with van der Waals surface area (Å²) in [5, 5.41) is 4.46. The Balaban J connectivity index is 2.20. The van der Waals surface area contributed by atoms with Crippen LogP contribution in [0.15, 0.2) is 33.0 Å². The number of ether oxygens (including phenoxy) is 1. The molecule has 0 saturated carbocycles. The van der Waals surface area contributed by atoms with Crippen LogP contribution in [0, 0.1) is 0 Å². The highest BCUT2D eigenvalue weighted by Crippen LogP contribution is 2.32. The number of aryl methyl sites for hydroxylation is 2. The molecule has 0 bridgehead atoms. The van der Waals surface area contributed by atoms with E-state index in [4.69, 9.17) is 26.9 Å². The molecule has 1 aromatic carbocycles. The molecule has 3 aromatic rings. The zero-order chi connectivity index (χ0) is 22.5. The van der Waals surface area contributed by atoms with Gasteiger partial charge in [0.15, 0.2) is 11.5 Å². The maximum atomic E-state index is 12.8. The molecular weight excluding hydrogens is 398 g/mol. The first kappa shape index (κ1) is 21.8. The monoisotopic (exact) mass is 425 g/mol. The number of nitrogens with two attached hydrogens (primary N) is 3. The van der Waals surface area contributed by atoms with E-state index < -0.39 is 0 Å². The Labute approximate surface area is 179 Å². The lowest BCUT2D eigenvalue weighted by Gasteiger charge is -2.11. The predicted octanol–water partition coefficient (Wildman–Crippen LogP) is 1.28. The van der Waals surface area contributed by atoms with Crippen molar-refractivity contribution >= 4 is 28.6 Å². The van der Waals surface area contributed by atoms with Gasteiger partial charge in [-0.25, -0.2) is 9.98 Å². The summed E-state index contributed by atoms with van der Waals surface area (Å²) < 4.78 is 7.43. The molecule has 0 saturated heterocycles. The number of nitrogens with one attached hydrogen (secondary N) is 1. The van der Waals surface area contributed by atoms with E-state index in [2.05, 4.69) is 20.1 Å². The average molecular weight is 425 g/mol. The minimum absolute atomic E-state index is 0.0948. The number of rotatable bonds is 7. The molecule has 3 rings (SSSR count). The largest absolute Gasteiger partial charge is 0.493 e. The molecule has 0 radical (unpaired) electrons. The van der Waals surface area contributed by atoms with Gasteiger partial charge < -0.3 is 26.9 Å². The van der Waals surface area contributed by atoms with E-state index in [0.717, 1.165) is 18.5 Å². The SMILES string of the molecule is CCCOc1ccc(N=C(N)N=C(N)N)cc1-c1nc2c(CCC)nn(C)c2c(=O)[nH]1. The van der Waals surface area contributed by atoms with Crippen LogP contribution in [-0.2, 0) is 13.5 Å². The molecule has 31 heavy (non-hydrogen) atoms. The summed E-state index contributed by atoms with van der Waals surface area (Å²) in [6.07, 6.45) is 2.42. The van der Waals surface area contributed by atoms with Crippen LogP contribution in [0.4, 0.5) is 5.69 Å². The summed E-state index contributed by atoms with van der Waals surface area (Å²) in [6.45, 7) is 4.56. The fourth-order valence-electron chi connectivity index (χ4n) is 3.18. The number of aliphatic imine (C=N–C) groups is 2. The Morgan fingerprint density at radius 1 is 1.23 bits per heavy atom. The number of aromatic nitrogens is 4. The molecule has 0 fully saturated rings. The Hall–Kier alpha value is -3.89. The Kier molecular flexibility index (Phi) is 6.53. The van der Waals surface area contributed by atoms with Gasteiger partial charge in [0.05, 0.1) is 23.6 Å². The van der Waals surface area contributed by atoms with Crippen molar-refractivity contribution < 1.29 is 4.74 Å². The highest BCUT2D eigenvalue weighted by molar-refractivity contribution is 5.93. The summed E-state index contributed by atoms with van der Waals surface area (Å²) >= 11 is 0. The van der Waals surface area contributed by atoms with E-state index in [-0.39, 0.29) is 17.5 Å². The smallest absolute Gasteiger partial charge is 0.277 e. The normalized spacial score (nSPS) is 11.6.